The van der Waals surface area contributed by atoms with E-state index in [1.807, 2.05) is 25.4 Å². The second kappa shape index (κ2) is 5.86. The van der Waals surface area contributed by atoms with Crippen molar-refractivity contribution in [2.24, 2.45) is 7.05 Å². The minimum atomic E-state index is -0.147. The normalized spacial score (nSPS) is 11.0. The molecule has 124 valence electrons. The molecule has 0 aliphatic heterocycles. The van der Waals surface area contributed by atoms with Gasteiger partial charge >= 0.3 is 0 Å². The standard InChI is InChI=1S/C18H15N5O2/c1-22-11-13(9-20-22)15-7-8-17-19-10-16(23(17)21-15)18(24)12-3-5-14(25-2)6-4-12/h3-11H,1-2H3. The molecule has 0 amide bonds. The number of benzene rings is 1. The quantitative estimate of drug-likeness (QED) is 0.536. The second-order valence-electron chi connectivity index (χ2n) is 5.59. The molecule has 3 aromatic heterocycles. The van der Waals surface area contributed by atoms with E-state index in [1.54, 1.807) is 53.0 Å². The highest BCUT2D eigenvalue weighted by Crippen LogP contribution is 2.19. The summed E-state index contributed by atoms with van der Waals surface area (Å²) in [5.74, 6) is 0.553. The summed E-state index contributed by atoms with van der Waals surface area (Å²) in [5, 5.41) is 8.71. The van der Waals surface area contributed by atoms with Crippen LogP contribution < -0.4 is 4.74 Å². The lowest BCUT2D eigenvalue weighted by Crippen LogP contribution is -2.07. The Morgan fingerprint density at radius 2 is 1.88 bits per heavy atom. The lowest BCUT2D eigenvalue weighted by atomic mass is 10.1. The molecule has 0 aliphatic rings. The Morgan fingerprint density at radius 3 is 2.56 bits per heavy atom. The van der Waals surface area contributed by atoms with Crippen LogP contribution in [0.1, 0.15) is 16.1 Å². The van der Waals surface area contributed by atoms with Crippen molar-refractivity contribution >= 4 is 11.4 Å². The van der Waals surface area contributed by atoms with Gasteiger partial charge in [0, 0.05) is 24.4 Å². The summed E-state index contributed by atoms with van der Waals surface area (Å²) in [4.78, 5) is 17.1. The minimum Gasteiger partial charge on any atom is -0.497 e. The van der Waals surface area contributed by atoms with Crippen molar-refractivity contribution in [3.8, 4) is 17.0 Å². The third-order valence-corrected chi connectivity index (χ3v) is 3.95. The summed E-state index contributed by atoms with van der Waals surface area (Å²) in [5.41, 5.74) is 3.18. The molecule has 4 aromatic rings. The third kappa shape index (κ3) is 2.65. The number of fused-ring (bicyclic) bond motifs is 1. The molecule has 0 fully saturated rings. The number of carbonyl (C=O) groups is 1. The first-order valence-electron chi connectivity index (χ1n) is 7.68. The van der Waals surface area contributed by atoms with Crippen LogP contribution >= 0.6 is 0 Å². The topological polar surface area (TPSA) is 74.3 Å². The van der Waals surface area contributed by atoms with Crippen LogP contribution in [0.4, 0.5) is 0 Å². The first kappa shape index (κ1) is 15.1. The first-order valence-corrected chi connectivity index (χ1v) is 7.68. The van der Waals surface area contributed by atoms with Crippen molar-refractivity contribution in [3.05, 3.63) is 66.2 Å². The Balaban J connectivity index is 1.77. The van der Waals surface area contributed by atoms with Gasteiger partial charge in [0.25, 0.3) is 0 Å². The summed E-state index contributed by atoms with van der Waals surface area (Å²) >= 11 is 0. The van der Waals surface area contributed by atoms with E-state index < -0.39 is 0 Å². The summed E-state index contributed by atoms with van der Waals surface area (Å²) in [7, 11) is 3.43. The second-order valence-corrected chi connectivity index (χ2v) is 5.59. The summed E-state index contributed by atoms with van der Waals surface area (Å²) < 4.78 is 8.40. The molecule has 0 aliphatic carbocycles. The Morgan fingerprint density at radius 1 is 1.08 bits per heavy atom. The van der Waals surface area contributed by atoms with Gasteiger partial charge in [0.15, 0.2) is 5.65 Å². The van der Waals surface area contributed by atoms with Crippen LogP contribution in [-0.4, -0.2) is 37.3 Å². The average molecular weight is 333 g/mol. The maximum atomic E-state index is 12.8. The molecular formula is C18H15N5O2. The summed E-state index contributed by atoms with van der Waals surface area (Å²) in [6, 6.07) is 10.7. The van der Waals surface area contributed by atoms with E-state index >= 15 is 0 Å². The van der Waals surface area contributed by atoms with Crippen molar-refractivity contribution < 1.29 is 9.53 Å². The van der Waals surface area contributed by atoms with Crippen molar-refractivity contribution in [1.82, 2.24) is 24.4 Å². The number of methoxy groups -OCH3 is 1. The molecule has 3 heterocycles. The van der Waals surface area contributed by atoms with Crippen molar-refractivity contribution in [1.29, 1.82) is 0 Å². The van der Waals surface area contributed by atoms with Crippen molar-refractivity contribution in [3.63, 3.8) is 0 Å². The van der Waals surface area contributed by atoms with Crippen LogP contribution in [0.5, 0.6) is 5.75 Å². The molecule has 0 unspecified atom stereocenters. The number of hydrogen-bond acceptors (Lipinski definition) is 5. The maximum Gasteiger partial charge on any atom is 0.213 e. The van der Waals surface area contributed by atoms with E-state index in [1.165, 1.54) is 0 Å². The van der Waals surface area contributed by atoms with E-state index in [4.69, 9.17) is 4.74 Å². The molecule has 0 atom stereocenters. The lowest BCUT2D eigenvalue weighted by Gasteiger charge is -2.04. The van der Waals surface area contributed by atoms with Gasteiger partial charge in [-0.2, -0.15) is 10.2 Å². The van der Waals surface area contributed by atoms with Gasteiger partial charge in [-0.1, -0.05) is 0 Å². The monoisotopic (exact) mass is 333 g/mol. The number of rotatable bonds is 4. The predicted octanol–water partition coefficient (Wildman–Crippen LogP) is 2.37. The molecule has 1 aromatic carbocycles. The van der Waals surface area contributed by atoms with Gasteiger partial charge < -0.3 is 4.74 Å². The number of carbonyl (C=O) groups excluding carboxylic acids is 1. The van der Waals surface area contributed by atoms with Gasteiger partial charge in [0.05, 0.1) is 25.2 Å². The first-order chi connectivity index (χ1) is 12.2. The Bertz CT molecular complexity index is 1060. The Labute approximate surface area is 143 Å². The number of aryl methyl sites for hydroxylation is 1. The SMILES string of the molecule is COc1ccc(C(=O)c2cnc3ccc(-c4cnn(C)c4)nn23)cc1. The van der Waals surface area contributed by atoms with Crippen LogP contribution in [0.3, 0.4) is 0 Å². The highest BCUT2D eigenvalue weighted by molar-refractivity contribution is 6.08. The highest BCUT2D eigenvalue weighted by atomic mass is 16.5. The Kier molecular flexibility index (Phi) is 3.53. The summed E-state index contributed by atoms with van der Waals surface area (Å²) in [6.45, 7) is 0. The predicted molar refractivity (Wildman–Crippen MR) is 91.6 cm³/mol. The molecule has 7 heteroatoms. The summed E-state index contributed by atoms with van der Waals surface area (Å²) in [6.07, 6.45) is 5.15. The van der Waals surface area contributed by atoms with Crippen LogP contribution in [-0.2, 0) is 7.05 Å². The molecule has 0 N–H and O–H groups in total. The molecule has 0 saturated heterocycles. The smallest absolute Gasteiger partial charge is 0.213 e. The highest BCUT2D eigenvalue weighted by Gasteiger charge is 2.16. The molecule has 0 radical (unpaired) electrons. The number of aromatic nitrogens is 5. The third-order valence-electron chi connectivity index (χ3n) is 3.95. The van der Waals surface area contributed by atoms with Crippen LogP contribution in [0.15, 0.2) is 55.0 Å². The van der Waals surface area contributed by atoms with E-state index in [0.717, 1.165) is 11.3 Å². The molecule has 0 bridgehead atoms. The lowest BCUT2D eigenvalue weighted by molar-refractivity contribution is 0.103. The number of ketones is 1. The number of ether oxygens (including phenoxy) is 1. The molecule has 0 spiro atoms. The maximum absolute atomic E-state index is 12.8. The van der Waals surface area contributed by atoms with Crippen LogP contribution in [0.2, 0.25) is 0 Å². The fourth-order valence-electron chi connectivity index (χ4n) is 2.63. The van der Waals surface area contributed by atoms with E-state index in [2.05, 4.69) is 15.2 Å². The van der Waals surface area contributed by atoms with Crippen molar-refractivity contribution in [2.75, 3.05) is 7.11 Å². The van der Waals surface area contributed by atoms with E-state index in [0.29, 0.717) is 22.7 Å². The number of imidazole rings is 1. The number of nitrogens with zero attached hydrogens (tertiary/aromatic N) is 5. The van der Waals surface area contributed by atoms with Gasteiger partial charge in [-0.15, -0.1) is 0 Å². The van der Waals surface area contributed by atoms with Gasteiger partial charge in [-0.3, -0.25) is 9.48 Å². The van der Waals surface area contributed by atoms with E-state index in [9.17, 15) is 4.79 Å². The Hall–Kier alpha value is -3.48. The largest absolute Gasteiger partial charge is 0.497 e. The van der Waals surface area contributed by atoms with Gasteiger partial charge in [0.1, 0.15) is 11.4 Å². The zero-order chi connectivity index (χ0) is 17.4. The molecule has 0 saturated carbocycles. The molecular weight excluding hydrogens is 318 g/mol. The van der Waals surface area contributed by atoms with Crippen LogP contribution in [0.25, 0.3) is 16.9 Å². The van der Waals surface area contributed by atoms with Crippen molar-refractivity contribution in [2.45, 2.75) is 0 Å². The van der Waals surface area contributed by atoms with Crippen LogP contribution in [0, 0.1) is 0 Å². The number of hydrogen-bond donors (Lipinski definition) is 0. The van der Waals surface area contributed by atoms with E-state index in [-0.39, 0.29) is 5.78 Å². The fraction of sp³-hybridized carbons (Fsp3) is 0.111. The van der Waals surface area contributed by atoms with Gasteiger partial charge in [-0.25, -0.2) is 9.50 Å². The zero-order valence-electron chi connectivity index (χ0n) is 13.7. The average Bonchev–Trinajstić information content (AvgIpc) is 3.27. The minimum absolute atomic E-state index is 0.147. The molecule has 4 rings (SSSR count). The molecule has 25 heavy (non-hydrogen) atoms. The van der Waals surface area contributed by atoms with Gasteiger partial charge in [-0.05, 0) is 36.4 Å². The fourth-order valence-corrected chi connectivity index (χ4v) is 2.63. The molecule has 7 nitrogen and oxygen atoms in total. The van der Waals surface area contributed by atoms with Gasteiger partial charge in [0.2, 0.25) is 5.78 Å². The zero-order valence-corrected chi connectivity index (χ0v) is 13.7.